The predicted octanol–water partition coefficient (Wildman–Crippen LogP) is 1.82. The highest BCUT2D eigenvalue weighted by molar-refractivity contribution is 7.91. The molecule has 0 radical (unpaired) electrons. The average molecular weight is 326 g/mol. The van der Waals surface area contributed by atoms with Crippen LogP contribution in [0.25, 0.3) is 4.96 Å². The van der Waals surface area contributed by atoms with Crippen LogP contribution in [0, 0.1) is 5.92 Å². The minimum absolute atomic E-state index is 0.216. The zero-order valence-electron chi connectivity index (χ0n) is 11.7. The van der Waals surface area contributed by atoms with Crippen molar-refractivity contribution in [1.82, 2.24) is 19.8 Å². The van der Waals surface area contributed by atoms with Crippen molar-refractivity contribution < 1.29 is 8.42 Å². The lowest BCUT2D eigenvalue weighted by Gasteiger charge is -2.04. The maximum absolute atomic E-state index is 11.5. The van der Waals surface area contributed by atoms with Crippen molar-refractivity contribution in [2.75, 3.05) is 11.5 Å². The summed E-state index contributed by atoms with van der Waals surface area (Å²) in [7, 11) is -2.81. The van der Waals surface area contributed by atoms with Gasteiger partial charge in [0.2, 0.25) is 4.96 Å². The highest BCUT2D eigenvalue weighted by atomic mass is 32.2. The van der Waals surface area contributed by atoms with Gasteiger partial charge in [-0.3, -0.25) is 0 Å². The van der Waals surface area contributed by atoms with E-state index in [9.17, 15) is 8.42 Å². The van der Waals surface area contributed by atoms with Crippen LogP contribution in [0.5, 0.6) is 0 Å². The van der Waals surface area contributed by atoms with Crippen LogP contribution in [0.15, 0.2) is 0 Å². The van der Waals surface area contributed by atoms with Gasteiger partial charge in [-0.1, -0.05) is 24.2 Å². The van der Waals surface area contributed by atoms with Crippen LogP contribution in [0.3, 0.4) is 0 Å². The van der Waals surface area contributed by atoms with Crippen molar-refractivity contribution in [3.05, 3.63) is 10.8 Å². The number of hydrogen-bond acceptors (Lipinski definition) is 6. The summed E-state index contributed by atoms with van der Waals surface area (Å²) in [6.45, 7) is 0. The van der Waals surface area contributed by atoms with Crippen molar-refractivity contribution in [3.63, 3.8) is 0 Å². The van der Waals surface area contributed by atoms with Gasteiger partial charge >= 0.3 is 0 Å². The van der Waals surface area contributed by atoms with Gasteiger partial charge in [0.05, 0.1) is 11.5 Å². The molecule has 0 aromatic carbocycles. The van der Waals surface area contributed by atoms with Crippen molar-refractivity contribution in [1.29, 1.82) is 0 Å². The summed E-state index contributed by atoms with van der Waals surface area (Å²) in [5.41, 5.74) is 0. The topological polar surface area (TPSA) is 77.2 Å². The van der Waals surface area contributed by atoms with Gasteiger partial charge in [-0.15, -0.1) is 10.2 Å². The Morgan fingerprint density at radius 3 is 2.71 bits per heavy atom. The Morgan fingerprint density at radius 2 is 2.00 bits per heavy atom. The number of fused-ring (bicyclic) bond motifs is 1. The molecule has 114 valence electrons. The molecule has 1 atom stereocenters. The summed E-state index contributed by atoms with van der Waals surface area (Å²) in [4.78, 5) is 0.841. The predicted molar refractivity (Wildman–Crippen MR) is 80.3 cm³/mol. The van der Waals surface area contributed by atoms with E-state index < -0.39 is 9.84 Å². The Morgan fingerprint density at radius 1 is 1.19 bits per heavy atom. The third-order valence-electron chi connectivity index (χ3n) is 4.57. The molecule has 2 aromatic rings. The first kappa shape index (κ1) is 13.6. The van der Waals surface area contributed by atoms with E-state index in [4.69, 9.17) is 0 Å². The fourth-order valence-electron chi connectivity index (χ4n) is 3.47. The molecule has 0 N–H and O–H groups in total. The first-order valence-electron chi connectivity index (χ1n) is 7.52. The molecule has 1 aliphatic heterocycles. The normalized spacial score (nSPS) is 26.0. The van der Waals surface area contributed by atoms with Gasteiger partial charge in [0.15, 0.2) is 15.7 Å². The van der Waals surface area contributed by atoms with Crippen LogP contribution in [0.2, 0.25) is 0 Å². The fraction of sp³-hybridized carbons (Fsp3) is 0.769. The molecule has 2 aromatic heterocycles. The molecule has 0 amide bonds. The second kappa shape index (κ2) is 5.01. The van der Waals surface area contributed by atoms with E-state index in [1.807, 2.05) is 4.52 Å². The number of hydrogen-bond donors (Lipinski definition) is 0. The Hall–Kier alpha value is -1.02. The second-order valence-corrected chi connectivity index (χ2v) is 9.47. The molecule has 0 spiro atoms. The Labute approximate surface area is 127 Å². The van der Waals surface area contributed by atoms with Crippen molar-refractivity contribution in [3.8, 4) is 0 Å². The van der Waals surface area contributed by atoms with E-state index in [1.54, 1.807) is 11.3 Å². The summed E-state index contributed by atoms with van der Waals surface area (Å²) in [6.07, 6.45) is 6.38. The SMILES string of the molecule is O=S1(=O)CC[C@H](Cc2nn3c(C4CCCC4)nnc3s2)C1. The first-order chi connectivity index (χ1) is 10.1. The third kappa shape index (κ3) is 2.59. The Kier molecular flexibility index (Phi) is 3.25. The minimum atomic E-state index is -2.81. The molecule has 0 unspecified atom stereocenters. The number of aromatic nitrogens is 4. The van der Waals surface area contributed by atoms with Gasteiger partial charge in [-0.05, 0) is 25.2 Å². The quantitative estimate of drug-likeness (QED) is 0.860. The van der Waals surface area contributed by atoms with Crippen LogP contribution >= 0.6 is 11.3 Å². The molecule has 0 bridgehead atoms. The van der Waals surface area contributed by atoms with Crippen LogP contribution in [-0.4, -0.2) is 39.7 Å². The molecular formula is C13H18N4O2S2. The van der Waals surface area contributed by atoms with Crippen molar-refractivity contribution in [2.45, 2.75) is 44.4 Å². The number of rotatable bonds is 3. The highest BCUT2D eigenvalue weighted by Gasteiger charge is 2.29. The van der Waals surface area contributed by atoms with Crippen LogP contribution in [0.4, 0.5) is 0 Å². The second-order valence-electron chi connectivity index (χ2n) is 6.20. The van der Waals surface area contributed by atoms with E-state index in [0.717, 1.165) is 28.6 Å². The molecule has 4 rings (SSSR count). The highest BCUT2D eigenvalue weighted by Crippen LogP contribution is 2.34. The lowest BCUT2D eigenvalue weighted by atomic mass is 10.1. The van der Waals surface area contributed by atoms with Crippen LogP contribution in [0.1, 0.15) is 48.9 Å². The maximum atomic E-state index is 11.5. The van der Waals surface area contributed by atoms with Crippen molar-refractivity contribution >= 4 is 26.1 Å². The number of sulfone groups is 1. The van der Waals surface area contributed by atoms with Gasteiger partial charge in [-0.2, -0.15) is 9.61 Å². The first-order valence-corrected chi connectivity index (χ1v) is 10.2. The van der Waals surface area contributed by atoms with E-state index in [0.29, 0.717) is 17.4 Å². The molecule has 8 heteroatoms. The molecular weight excluding hydrogens is 308 g/mol. The van der Waals surface area contributed by atoms with E-state index in [-0.39, 0.29) is 5.92 Å². The average Bonchev–Trinajstić information content (AvgIpc) is 3.13. The smallest absolute Gasteiger partial charge is 0.229 e. The fourth-order valence-corrected chi connectivity index (χ4v) is 6.29. The lowest BCUT2D eigenvalue weighted by Crippen LogP contribution is -2.08. The summed E-state index contributed by atoms with van der Waals surface area (Å²) in [5, 5.41) is 14.2. The molecule has 2 fully saturated rings. The molecule has 1 saturated carbocycles. The minimum Gasteiger partial charge on any atom is -0.229 e. The molecule has 2 aliphatic rings. The molecule has 6 nitrogen and oxygen atoms in total. The van der Waals surface area contributed by atoms with Gasteiger partial charge in [0.25, 0.3) is 0 Å². The monoisotopic (exact) mass is 326 g/mol. The van der Waals surface area contributed by atoms with E-state index in [1.165, 1.54) is 25.7 Å². The van der Waals surface area contributed by atoms with Gasteiger partial charge in [0.1, 0.15) is 5.01 Å². The number of nitrogens with zero attached hydrogens (tertiary/aromatic N) is 4. The lowest BCUT2D eigenvalue weighted by molar-refractivity contribution is 0.574. The molecule has 1 saturated heterocycles. The van der Waals surface area contributed by atoms with Gasteiger partial charge in [0, 0.05) is 12.3 Å². The summed E-state index contributed by atoms with van der Waals surface area (Å²) in [5.74, 6) is 2.33. The van der Waals surface area contributed by atoms with E-state index in [2.05, 4.69) is 15.3 Å². The standard InChI is InChI=1S/C13H18N4O2S2/c18-21(19)6-5-9(8-21)7-11-16-17-12(10-3-1-2-4-10)14-15-13(17)20-11/h9-10H,1-8H2/t9-/m1/s1. The Balaban J connectivity index is 1.57. The zero-order chi connectivity index (χ0) is 14.4. The van der Waals surface area contributed by atoms with E-state index >= 15 is 0 Å². The third-order valence-corrected chi connectivity index (χ3v) is 7.33. The summed E-state index contributed by atoms with van der Waals surface area (Å²) < 4.78 is 25.0. The molecule has 21 heavy (non-hydrogen) atoms. The van der Waals surface area contributed by atoms with Crippen LogP contribution in [-0.2, 0) is 16.3 Å². The van der Waals surface area contributed by atoms with Gasteiger partial charge < -0.3 is 0 Å². The zero-order valence-corrected chi connectivity index (χ0v) is 13.4. The maximum Gasteiger partial charge on any atom is 0.234 e. The van der Waals surface area contributed by atoms with Gasteiger partial charge in [-0.25, -0.2) is 8.42 Å². The molecule has 1 aliphatic carbocycles. The Bertz CT molecular complexity index is 758. The van der Waals surface area contributed by atoms with Crippen molar-refractivity contribution in [2.24, 2.45) is 5.92 Å². The summed E-state index contributed by atoms with van der Waals surface area (Å²) in [6, 6.07) is 0. The largest absolute Gasteiger partial charge is 0.234 e. The molecule has 3 heterocycles. The summed E-state index contributed by atoms with van der Waals surface area (Å²) >= 11 is 1.55. The van der Waals surface area contributed by atoms with Crippen LogP contribution < -0.4 is 0 Å².